The van der Waals surface area contributed by atoms with Crippen LogP contribution in [0.1, 0.15) is 25.3 Å². The smallest absolute Gasteiger partial charge is 0.243 e. The maximum atomic E-state index is 12.0. The van der Waals surface area contributed by atoms with Gasteiger partial charge in [0.25, 0.3) is 0 Å². The Morgan fingerprint density at radius 2 is 1.90 bits per heavy atom. The Morgan fingerprint density at radius 3 is 2.50 bits per heavy atom. The van der Waals surface area contributed by atoms with Crippen molar-refractivity contribution in [3.63, 3.8) is 0 Å². The molecule has 1 aliphatic heterocycles. The fourth-order valence-corrected chi connectivity index (χ4v) is 2.69. The molecule has 1 atom stereocenters. The molecule has 0 aromatic heterocycles. The monoisotopic (exact) mass is 386 g/mol. The van der Waals surface area contributed by atoms with Crippen molar-refractivity contribution in [2.24, 2.45) is 0 Å². The van der Waals surface area contributed by atoms with Crippen molar-refractivity contribution >= 4 is 40.3 Å². The molecular formula is C14H15IN2O3. The third-order valence-electron chi connectivity index (χ3n) is 3.27. The number of halogens is 1. The number of hydrogen-bond donors (Lipinski definition) is 1. The summed E-state index contributed by atoms with van der Waals surface area (Å²) in [7, 11) is 0. The molecule has 0 spiro atoms. The lowest BCUT2D eigenvalue weighted by Gasteiger charge is -2.21. The van der Waals surface area contributed by atoms with Crippen LogP contribution in [0.25, 0.3) is 0 Å². The predicted molar refractivity (Wildman–Crippen MR) is 81.6 cm³/mol. The minimum absolute atomic E-state index is 0.201. The summed E-state index contributed by atoms with van der Waals surface area (Å²) in [6, 6.07) is 6.97. The van der Waals surface area contributed by atoms with E-state index >= 15 is 0 Å². The van der Waals surface area contributed by atoms with Crippen molar-refractivity contribution in [1.82, 2.24) is 10.2 Å². The molecule has 1 N–H and O–H groups in total. The lowest BCUT2D eigenvalue weighted by molar-refractivity contribution is -0.146. The second kappa shape index (κ2) is 6.34. The molecule has 6 heteroatoms. The largest absolute Gasteiger partial charge is 0.350 e. The SMILES string of the molecule is CC(C(=O)NCc1ccccc1I)N1C(=O)CCC1=O. The number of rotatable bonds is 4. The van der Waals surface area contributed by atoms with Crippen molar-refractivity contribution < 1.29 is 14.4 Å². The van der Waals surface area contributed by atoms with E-state index in [1.807, 2.05) is 24.3 Å². The highest BCUT2D eigenvalue weighted by Gasteiger charge is 2.35. The molecule has 0 bridgehead atoms. The Labute approximate surface area is 130 Å². The second-order valence-electron chi connectivity index (χ2n) is 4.64. The minimum Gasteiger partial charge on any atom is -0.350 e. The highest BCUT2D eigenvalue weighted by Crippen LogP contribution is 2.16. The number of imide groups is 1. The lowest BCUT2D eigenvalue weighted by Crippen LogP contribution is -2.47. The zero-order chi connectivity index (χ0) is 14.7. The van der Waals surface area contributed by atoms with Gasteiger partial charge in [-0.2, -0.15) is 0 Å². The van der Waals surface area contributed by atoms with Gasteiger partial charge in [-0.3, -0.25) is 19.3 Å². The zero-order valence-electron chi connectivity index (χ0n) is 11.1. The molecule has 1 aliphatic rings. The molecule has 0 aliphatic carbocycles. The summed E-state index contributed by atoms with van der Waals surface area (Å²) in [6.45, 7) is 1.96. The molecule has 2 rings (SSSR count). The number of carbonyl (C=O) groups excluding carboxylic acids is 3. The van der Waals surface area contributed by atoms with Gasteiger partial charge in [0.2, 0.25) is 17.7 Å². The number of carbonyl (C=O) groups is 3. The van der Waals surface area contributed by atoms with Gasteiger partial charge in [0, 0.05) is 23.0 Å². The third-order valence-corrected chi connectivity index (χ3v) is 4.32. The van der Waals surface area contributed by atoms with Crippen LogP contribution < -0.4 is 5.32 Å². The number of benzene rings is 1. The molecule has 1 saturated heterocycles. The van der Waals surface area contributed by atoms with Crippen molar-refractivity contribution in [2.75, 3.05) is 0 Å². The van der Waals surface area contributed by atoms with Gasteiger partial charge in [0.05, 0.1) is 0 Å². The normalized spacial score (nSPS) is 16.4. The summed E-state index contributed by atoms with van der Waals surface area (Å²) in [5, 5.41) is 2.77. The van der Waals surface area contributed by atoms with E-state index in [0.29, 0.717) is 6.54 Å². The maximum absolute atomic E-state index is 12.0. The molecule has 0 saturated carbocycles. The average molecular weight is 386 g/mol. The van der Waals surface area contributed by atoms with Crippen LogP contribution in [0.4, 0.5) is 0 Å². The van der Waals surface area contributed by atoms with Gasteiger partial charge in [0.1, 0.15) is 6.04 Å². The van der Waals surface area contributed by atoms with E-state index in [2.05, 4.69) is 27.9 Å². The van der Waals surface area contributed by atoms with Crippen molar-refractivity contribution in [3.05, 3.63) is 33.4 Å². The number of amides is 3. The van der Waals surface area contributed by atoms with Crippen molar-refractivity contribution in [2.45, 2.75) is 32.4 Å². The van der Waals surface area contributed by atoms with E-state index in [4.69, 9.17) is 0 Å². The number of hydrogen-bond acceptors (Lipinski definition) is 3. The lowest BCUT2D eigenvalue weighted by atomic mass is 10.2. The van der Waals surface area contributed by atoms with Crippen molar-refractivity contribution in [1.29, 1.82) is 0 Å². The van der Waals surface area contributed by atoms with Crippen LogP contribution in [-0.4, -0.2) is 28.7 Å². The second-order valence-corrected chi connectivity index (χ2v) is 5.80. The Hall–Kier alpha value is -1.44. The van der Waals surface area contributed by atoms with Crippen LogP contribution in [0.15, 0.2) is 24.3 Å². The number of likely N-dealkylation sites (tertiary alicyclic amines) is 1. The Morgan fingerprint density at radius 1 is 1.30 bits per heavy atom. The number of nitrogens with zero attached hydrogens (tertiary/aromatic N) is 1. The summed E-state index contributed by atoms with van der Waals surface area (Å²) >= 11 is 2.20. The predicted octanol–water partition coefficient (Wildman–Crippen LogP) is 1.44. The minimum atomic E-state index is -0.751. The Bertz CT molecular complexity index is 543. The van der Waals surface area contributed by atoms with E-state index in [1.54, 1.807) is 6.92 Å². The van der Waals surface area contributed by atoms with E-state index in [9.17, 15) is 14.4 Å². The van der Waals surface area contributed by atoms with E-state index < -0.39 is 6.04 Å². The van der Waals surface area contributed by atoms with E-state index in [0.717, 1.165) is 14.0 Å². The maximum Gasteiger partial charge on any atom is 0.243 e. The van der Waals surface area contributed by atoms with Crippen LogP contribution in [0.5, 0.6) is 0 Å². The van der Waals surface area contributed by atoms with Crippen LogP contribution in [-0.2, 0) is 20.9 Å². The zero-order valence-corrected chi connectivity index (χ0v) is 13.2. The fraction of sp³-hybridized carbons (Fsp3) is 0.357. The molecule has 106 valence electrons. The molecule has 5 nitrogen and oxygen atoms in total. The molecule has 0 radical (unpaired) electrons. The van der Waals surface area contributed by atoms with Crippen LogP contribution in [0.3, 0.4) is 0 Å². The van der Waals surface area contributed by atoms with Crippen LogP contribution >= 0.6 is 22.6 Å². The van der Waals surface area contributed by atoms with Crippen molar-refractivity contribution in [3.8, 4) is 0 Å². The highest BCUT2D eigenvalue weighted by atomic mass is 127. The van der Waals surface area contributed by atoms with Gasteiger partial charge < -0.3 is 5.32 Å². The Kier molecular flexibility index (Phi) is 4.74. The molecule has 20 heavy (non-hydrogen) atoms. The molecule has 1 heterocycles. The topological polar surface area (TPSA) is 66.5 Å². The molecule has 1 unspecified atom stereocenters. The number of nitrogens with one attached hydrogen (secondary N) is 1. The fourth-order valence-electron chi connectivity index (χ4n) is 2.11. The first-order chi connectivity index (χ1) is 9.50. The quantitative estimate of drug-likeness (QED) is 0.629. The van der Waals surface area contributed by atoms with Crippen LogP contribution in [0.2, 0.25) is 0 Å². The summed E-state index contributed by atoms with van der Waals surface area (Å²) in [6.07, 6.45) is 0.403. The Balaban J connectivity index is 1.97. The van der Waals surface area contributed by atoms with Gasteiger partial charge in [-0.05, 0) is 41.1 Å². The van der Waals surface area contributed by atoms with Gasteiger partial charge in [0.15, 0.2) is 0 Å². The first kappa shape index (κ1) is 15.0. The molecule has 1 aromatic rings. The van der Waals surface area contributed by atoms with Gasteiger partial charge in [-0.1, -0.05) is 18.2 Å². The highest BCUT2D eigenvalue weighted by molar-refractivity contribution is 14.1. The first-order valence-electron chi connectivity index (χ1n) is 6.36. The van der Waals surface area contributed by atoms with Gasteiger partial charge in [-0.15, -0.1) is 0 Å². The van der Waals surface area contributed by atoms with Gasteiger partial charge >= 0.3 is 0 Å². The van der Waals surface area contributed by atoms with Gasteiger partial charge in [-0.25, -0.2) is 0 Å². The average Bonchev–Trinajstić information content (AvgIpc) is 2.76. The molecular weight excluding hydrogens is 371 g/mol. The van der Waals surface area contributed by atoms with E-state index in [1.165, 1.54) is 0 Å². The summed E-state index contributed by atoms with van der Waals surface area (Å²) in [4.78, 5) is 36.3. The van der Waals surface area contributed by atoms with E-state index in [-0.39, 0.29) is 30.6 Å². The van der Waals surface area contributed by atoms with Crippen LogP contribution in [0, 0.1) is 3.57 Å². The molecule has 1 fully saturated rings. The molecule has 1 aromatic carbocycles. The summed E-state index contributed by atoms with van der Waals surface area (Å²) in [5.41, 5.74) is 1.01. The first-order valence-corrected chi connectivity index (χ1v) is 7.44. The standard InChI is InChI=1S/C14H15IN2O3/c1-9(17-12(18)6-7-13(17)19)14(20)16-8-10-4-2-3-5-11(10)15/h2-5,9H,6-8H2,1H3,(H,16,20). The molecule has 3 amide bonds. The third kappa shape index (κ3) is 3.17. The summed E-state index contributed by atoms with van der Waals surface area (Å²) < 4.78 is 1.06. The summed E-state index contributed by atoms with van der Waals surface area (Å²) in [5.74, 6) is -0.855.